The fraction of sp³-hybridized carbons (Fsp3) is 0.348. The molecule has 3 unspecified atom stereocenters. The largest absolute Gasteiger partial charge is 0.478 e. The maximum absolute atomic E-state index is 12.4. The molecule has 0 radical (unpaired) electrons. The first-order chi connectivity index (χ1) is 14.0. The Morgan fingerprint density at radius 3 is 2.48 bits per heavy atom. The van der Waals surface area contributed by atoms with Crippen LogP contribution in [0.2, 0.25) is 0 Å². The summed E-state index contributed by atoms with van der Waals surface area (Å²) in [5.74, 6) is -0.524. The van der Waals surface area contributed by atoms with Crippen molar-refractivity contribution < 1.29 is 19.5 Å². The van der Waals surface area contributed by atoms with Gasteiger partial charge >= 0.3 is 5.97 Å². The van der Waals surface area contributed by atoms with Crippen LogP contribution in [0.5, 0.6) is 0 Å². The molecule has 1 heterocycles. The smallest absolute Gasteiger partial charge is 0.335 e. The lowest BCUT2D eigenvalue weighted by Crippen LogP contribution is -2.37. The van der Waals surface area contributed by atoms with E-state index < -0.39 is 5.97 Å². The van der Waals surface area contributed by atoms with Crippen molar-refractivity contribution in [3.05, 3.63) is 71.3 Å². The highest BCUT2D eigenvalue weighted by atomic mass is 16.4. The molecule has 0 bridgehead atoms. The highest BCUT2D eigenvalue weighted by Gasteiger charge is 2.47. The number of carbonyl (C=O) groups is 3. The predicted molar refractivity (Wildman–Crippen MR) is 108 cm³/mol. The second-order valence-electron chi connectivity index (χ2n) is 7.84. The molecule has 2 amide bonds. The Morgan fingerprint density at radius 2 is 1.79 bits per heavy atom. The zero-order valence-corrected chi connectivity index (χ0v) is 16.1. The lowest BCUT2D eigenvalue weighted by Gasteiger charge is -2.17. The van der Waals surface area contributed by atoms with Crippen molar-refractivity contribution >= 4 is 17.8 Å². The fourth-order valence-electron chi connectivity index (χ4n) is 4.11. The standard InChI is InChI=1S/C23H24N2O4/c26-21(11-8-15-6-9-17(10-7-15)23(28)29)24-18-12-22(27)25(14-18)20-13-19(20)16-4-2-1-3-5-16/h1-7,9-10,18-20H,8,11-14H2,(H,24,26)(H,28,29). The summed E-state index contributed by atoms with van der Waals surface area (Å²) in [5, 5.41) is 11.9. The number of amides is 2. The average Bonchev–Trinajstić information content (AvgIpc) is 3.44. The van der Waals surface area contributed by atoms with Gasteiger partial charge in [-0.15, -0.1) is 0 Å². The van der Waals surface area contributed by atoms with Crippen molar-refractivity contribution in [3.63, 3.8) is 0 Å². The lowest BCUT2D eigenvalue weighted by atomic mass is 10.1. The number of likely N-dealkylation sites (tertiary alicyclic amines) is 1. The van der Waals surface area contributed by atoms with Crippen LogP contribution in [0.3, 0.4) is 0 Å². The normalized spacial score (nSPS) is 23.1. The van der Waals surface area contributed by atoms with Crippen LogP contribution in [0.1, 0.15) is 46.7 Å². The Kier molecular flexibility index (Phi) is 5.34. The van der Waals surface area contributed by atoms with Gasteiger partial charge < -0.3 is 15.3 Å². The molecular formula is C23H24N2O4. The summed E-state index contributed by atoms with van der Waals surface area (Å²) in [6.07, 6.45) is 2.20. The van der Waals surface area contributed by atoms with Crippen LogP contribution in [-0.2, 0) is 16.0 Å². The van der Waals surface area contributed by atoms with E-state index in [4.69, 9.17) is 5.11 Å². The van der Waals surface area contributed by atoms with Crippen LogP contribution >= 0.6 is 0 Å². The monoisotopic (exact) mass is 392 g/mol. The van der Waals surface area contributed by atoms with Crippen molar-refractivity contribution in [3.8, 4) is 0 Å². The molecule has 3 atom stereocenters. The van der Waals surface area contributed by atoms with Gasteiger partial charge in [-0.25, -0.2) is 4.79 Å². The van der Waals surface area contributed by atoms with Gasteiger partial charge in [-0.1, -0.05) is 42.5 Å². The van der Waals surface area contributed by atoms with E-state index in [-0.39, 0.29) is 29.5 Å². The fourth-order valence-corrected chi connectivity index (χ4v) is 4.11. The average molecular weight is 392 g/mol. The molecular weight excluding hydrogens is 368 g/mol. The number of carboxylic acid groups (broad SMARTS) is 1. The number of rotatable bonds is 7. The van der Waals surface area contributed by atoms with Gasteiger partial charge in [0.2, 0.25) is 11.8 Å². The molecule has 2 N–H and O–H groups in total. The van der Waals surface area contributed by atoms with Gasteiger partial charge in [0, 0.05) is 31.3 Å². The number of nitrogens with one attached hydrogen (secondary N) is 1. The summed E-state index contributed by atoms with van der Waals surface area (Å²) in [6, 6.07) is 16.9. The highest BCUT2D eigenvalue weighted by molar-refractivity contribution is 5.87. The topological polar surface area (TPSA) is 86.7 Å². The van der Waals surface area contributed by atoms with Crippen LogP contribution in [-0.4, -0.2) is 46.4 Å². The molecule has 150 valence electrons. The molecule has 2 aliphatic rings. The number of benzene rings is 2. The maximum Gasteiger partial charge on any atom is 0.335 e. The minimum Gasteiger partial charge on any atom is -0.478 e. The first kappa shape index (κ1) is 19.2. The van der Waals surface area contributed by atoms with Crippen LogP contribution in [0.4, 0.5) is 0 Å². The highest BCUT2D eigenvalue weighted by Crippen LogP contribution is 2.45. The van der Waals surface area contributed by atoms with E-state index >= 15 is 0 Å². The predicted octanol–water partition coefficient (Wildman–Crippen LogP) is 2.59. The van der Waals surface area contributed by atoms with Crippen LogP contribution in [0.25, 0.3) is 0 Å². The number of nitrogens with zero attached hydrogens (tertiary/aromatic N) is 1. The van der Waals surface area contributed by atoms with E-state index in [1.165, 1.54) is 5.56 Å². The number of carboxylic acids is 1. The van der Waals surface area contributed by atoms with E-state index in [0.29, 0.717) is 31.7 Å². The second kappa shape index (κ2) is 8.07. The molecule has 1 saturated heterocycles. The summed E-state index contributed by atoms with van der Waals surface area (Å²) in [4.78, 5) is 37.5. The van der Waals surface area contributed by atoms with Gasteiger partial charge in [-0.2, -0.15) is 0 Å². The summed E-state index contributed by atoms with van der Waals surface area (Å²) >= 11 is 0. The van der Waals surface area contributed by atoms with E-state index in [1.54, 1.807) is 24.3 Å². The summed E-state index contributed by atoms with van der Waals surface area (Å²) < 4.78 is 0. The lowest BCUT2D eigenvalue weighted by molar-refractivity contribution is -0.128. The Hall–Kier alpha value is -3.15. The summed E-state index contributed by atoms with van der Waals surface area (Å²) in [5.41, 5.74) is 2.42. The molecule has 2 fully saturated rings. The first-order valence-corrected chi connectivity index (χ1v) is 9.97. The first-order valence-electron chi connectivity index (χ1n) is 9.97. The molecule has 4 rings (SSSR count). The van der Waals surface area contributed by atoms with Crippen molar-refractivity contribution in [1.29, 1.82) is 0 Å². The Morgan fingerprint density at radius 1 is 1.07 bits per heavy atom. The summed E-state index contributed by atoms with van der Waals surface area (Å²) in [6.45, 7) is 0.575. The van der Waals surface area contributed by atoms with Crippen molar-refractivity contribution in [2.24, 2.45) is 0 Å². The van der Waals surface area contributed by atoms with Gasteiger partial charge in [0.15, 0.2) is 0 Å². The maximum atomic E-state index is 12.4. The Labute approximate surface area is 169 Å². The molecule has 1 aliphatic carbocycles. The van der Waals surface area contributed by atoms with Crippen LogP contribution in [0, 0.1) is 0 Å². The zero-order valence-electron chi connectivity index (χ0n) is 16.1. The van der Waals surface area contributed by atoms with Gasteiger partial charge in [-0.05, 0) is 36.1 Å². The third-order valence-electron chi connectivity index (χ3n) is 5.75. The molecule has 29 heavy (non-hydrogen) atoms. The molecule has 1 saturated carbocycles. The van der Waals surface area contributed by atoms with E-state index in [1.807, 2.05) is 23.1 Å². The van der Waals surface area contributed by atoms with Gasteiger partial charge in [0.25, 0.3) is 0 Å². The number of hydrogen-bond donors (Lipinski definition) is 2. The molecule has 2 aromatic rings. The van der Waals surface area contributed by atoms with Crippen molar-refractivity contribution in [2.45, 2.75) is 43.7 Å². The number of aromatic carboxylic acids is 1. The Balaban J connectivity index is 1.24. The molecule has 0 aromatic heterocycles. The van der Waals surface area contributed by atoms with Crippen LogP contribution in [0.15, 0.2) is 54.6 Å². The number of hydrogen-bond acceptors (Lipinski definition) is 3. The SMILES string of the molecule is O=C(CCc1ccc(C(=O)O)cc1)NC1CC(=O)N(C2CC2c2ccccc2)C1. The van der Waals surface area contributed by atoms with E-state index in [0.717, 1.165) is 12.0 Å². The minimum absolute atomic E-state index is 0.0811. The van der Waals surface area contributed by atoms with E-state index in [9.17, 15) is 14.4 Å². The minimum atomic E-state index is -0.963. The summed E-state index contributed by atoms with van der Waals surface area (Å²) in [7, 11) is 0. The third-order valence-corrected chi connectivity index (χ3v) is 5.75. The third kappa shape index (κ3) is 4.47. The van der Waals surface area contributed by atoms with Crippen molar-refractivity contribution in [2.75, 3.05) is 6.54 Å². The number of carbonyl (C=O) groups excluding carboxylic acids is 2. The van der Waals surface area contributed by atoms with Gasteiger partial charge in [0.05, 0.1) is 11.6 Å². The second-order valence-corrected chi connectivity index (χ2v) is 7.84. The molecule has 0 spiro atoms. The van der Waals surface area contributed by atoms with Crippen molar-refractivity contribution in [1.82, 2.24) is 10.2 Å². The van der Waals surface area contributed by atoms with Gasteiger partial charge in [0.1, 0.15) is 0 Å². The molecule has 2 aromatic carbocycles. The van der Waals surface area contributed by atoms with Gasteiger partial charge in [-0.3, -0.25) is 9.59 Å². The molecule has 1 aliphatic heterocycles. The number of aryl methyl sites for hydroxylation is 1. The molecule has 6 heteroatoms. The van der Waals surface area contributed by atoms with E-state index in [2.05, 4.69) is 17.4 Å². The quantitative estimate of drug-likeness (QED) is 0.758. The Bertz CT molecular complexity index is 910. The zero-order chi connectivity index (χ0) is 20.4. The van der Waals surface area contributed by atoms with Crippen LogP contribution < -0.4 is 5.32 Å². The molecule has 6 nitrogen and oxygen atoms in total.